The highest BCUT2D eigenvalue weighted by Crippen LogP contribution is 2.21. The molecule has 4 heteroatoms. The Balaban J connectivity index is 2.28. The number of ether oxygens (including phenoxy) is 1. The van der Waals surface area contributed by atoms with Crippen molar-refractivity contribution in [1.29, 1.82) is 0 Å². The average Bonchev–Trinajstić information content (AvgIpc) is 2.76. The van der Waals surface area contributed by atoms with Gasteiger partial charge in [-0.3, -0.25) is 0 Å². The molecule has 2 rings (SSSR count). The van der Waals surface area contributed by atoms with E-state index in [4.69, 9.17) is 4.74 Å². The molecule has 0 atom stereocenters. The number of rotatable bonds is 6. The van der Waals surface area contributed by atoms with Gasteiger partial charge in [0.25, 0.3) is 0 Å². The number of nitrogens with one attached hydrogen (secondary N) is 1. The Hall–Kier alpha value is -1.39. The lowest BCUT2D eigenvalue weighted by atomic mass is 10.1. The second-order valence-corrected chi connectivity index (χ2v) is 5.47. The molecule has 2 heterocycles. The molecule has 104 valence electrons. The van der Waals surface area contributed by atoms with Gasteiger partial charge in [0.15, 0.2) is 0 Å². The minimum absolute atomic E-state index is 0.103. The van der Waals surface area contributed by atoms with E-state index < -0.39 is 0 Å². The molecule has 1 N–H and O–H groups in total. The van der Waals surface area contributed by atoms with Crippen molar-refractivity contribution in [2.24, 2.45) is 0 Å². The van der Waals surface area contributed by atoms with Crippen LogP contribution in [0.3, 0.4) is 0 Å². The van der Waals surface area contributed by atoms with Gasteiger partial charge in [-0.2, -0.15) is 0 Å². The third-order valence-corrected chi connectivity index (χ3v) is 3.59. The van der Waals surface area contributed by atoms with E-state index in [-0.39, 0.29) is 5.60 Å². The third-order valence-electron chi connectivity index (χ3n) is 3.59. The zero-order valence-corrected chi connectivity index (χ0v) is 12.2. The van der Waals surface area contributed by atoms with Gasteiger partial charge in [-0.25, -0.2) is 4.98 Å². The van der Waals surface area contributed by atoms with Crippen LogP contribution in [0.2, 0.25) is 0 Å². The van der Waals surface area contributed by atoms with Gasteiger partial charge in [0.2, 0.25) is 0 Å². The predicted molar refractivity (Wildman–Crippen MR) is 78.2 cm³/mol. The van der Waals surface area contributed by atoms with Crippen LogP contribution in [0.1, 0.15) is 25.8 Å². The van der Waals surface area contributed by atoms with E-state index in [0.29, 0.717) is 0 Å². The van der Waals surface area contributed by atoms with E-state index in [0.717, 1.165) is 25.2 Å². The Bertz CT molecular complexity index is 545. The van der Waals surface area contributed by atoms with Gasteiger partial charge in [0, 0.05) is 38.0 Å². The van der Waals surface area contributed by atoms with Crippen molar-refractivity contribution in [3.8, 4) is 0 Å². The van der Waals surface area contributed by atoms with E-state index in [9.17, 15) is 0 Å². The first-order valence-corrected chi connectivity index (χ1v) is 6.70. The molecule has 2 aromatic rings. The third kappa shape index (κ3) is 3.14. The highest BCUT2D eigenvalue weighted by molar-refractivity contribution is 5.80. The second kappa shape index (κ2) is 5.72. The number of hydrogen-bond acceptors (Lipinski definition) is 3. The van der Waals surface area contributed by atoms with Gasteiger partial charge >= 0.3 is 0 Å². The Kier molecular flexibility index (Phi) is 4.22. The van der Waals surface area contributed by atoms with E-state index in [2.05, 4.69) is 41.0 Å². The molecule has 0 saturated carbocycles. The highest BCUT2D eigenvalue weighted by Gasteiger charge is 2.17. The van der Waals surface area contributed by atoms with Gasteiger partial charge in [-0.15, -0.1) is 0 Å². The zero-order chi connectivity index (χ0) is 13.9. The summed E-state index contributed by atoms with van der Waals surface area (Å²) in [5.41, 5.74) is 2.25. The number of nitrogens with zero attached hydrogens (tertiary/aromatic N) is 2. The molecule has 0 bridgehead atoms. The summed E-state index contributed by atoms with van der Waals surface area (Å²) in [6.45, 7) is 6.00. The summed E-state index contributed by atoms with van der Waals surface area (Å²) in [6, 6.07) is 4.12. The van der Waals surface area contributed by atoms with Crippen molar-refractivity contribution in [3.63, 3.8) is 0 Å². The van der Waals surface area contributed by atoms with E-state index in [1.54, 1.807) is 7.11 Å². The van der Waals surface area contributed by atoms with Gasteiger partial charge in [0.1, 0.15) is 5.65 Å². The van der Waals surface area contributed by atoms with Gasteiger partial charge in [0.05, 0.1) is 5.60 Å². The molecule has 0 aromatic carbocycles. The number of aromatic nitrogens is 2. The standard InChI is InChI=1S/C15H23N3O/c1-15(2,19-4)7-9-18-11-12(10-16-3)13-6-5-8-17-14(13)18/h5-6,8,11,16H,7,9-10H2,1-4H3. The Morgan fingerprint density at radius 2 is 2.21 bits per heavy atom. The molecule has 0 radical (unpaired) electrons. The molecule has 0 spiro atoms. The zero-order valence-electron chi connectivity index (χ0n) is 12.2. The Morgan fingerprint density at radius 1 is 1.42 bits per heavy atom. The molecule has 0 aliphatic heterocycles. The fraction of sp³-hybridized carbons (Fsp3) is 0.533. The highest BCUT2D eigenvalue weighted by atomic mass is 16.5. The largest absolute Gasteiger partial charge is 0.379 e. The van der Waals surface area contributed by atoms with Crippen molar-refractivity contribution < 1.29 is 4.74 Å². The number of fused-ring (bicyclic) bond motifs is 1. The lowest BCUT2D eigenvalue weighted by molar-refractivity contribution is 0.0123. The maximum Gasteiger partial charge on any atom is 0.140 e. The number of hydrogen-bond donors (Lipinski definition) is 1. The van der Waals surface area contributed by atoms with Crippen molar-refractivity contribution >= 4 is 11.0 Å². The first-order chi connectivity index (χ1) is 9.07. The topological polar surface area (TPSA) is 39.1 Å². The van der Waals surface area contributed by atoms with Crippen LogP contribution in [0, 0.1) is 0 Å². The molecule has 0 fully saturated rings. The van der Waals surface area contributed by atoms with Crippen LogP contribution < -0.4 is 5.32 Å². The maximum absolute atomic E-state index is 5.48. The molecule has 19 heavy (non-hydrogen) atoms. The molecule has 2 aromatic heterocycles. The van der Waals surface area contributed by atoms with Crippen molar-refractivity contribution in [2.45, 2.75) is 39.0 Å². The summed E-state index contributed by atoms with van der Waals surface area (Å²) < 4.78 is 7.70. The summed E-state index contributed by atoms with van der Waals surface area (Å²) >= 11 is 0. The monoisotopic (exact) mass is 261 g/mol. The van der Waals surface area contributed by atoms with Crippen LogP contribution >= 0.6 is 0 Å². The van der Waals surface area contributed by atoms with Gasteiger partial charge < -0.3 is 14.6 Å². The van der Waals surface area contributed by atoms with Crippen molar-refractivity contribution in [1.82, 2.24) is 14.9 Å². The van der Waals surface area contributed by atoms with Crippen molar-refractivity contribution in [3.05, 3.63) is 30.1 Å². The minimum Gasteiger partial charge on any atom is -0.379 e. The van der Waals surface area contributed by atoms with Crippen LogP contribution in [0.4, 0.5) is 0 Å². The van der Waals surface area contributed by atoms with E-state index in [1.165, 1.54) is 10.9 Å². The molecular formula is C15H23N3O. The second-order valence-electron chi connectivity index (χ2n) is 5.47. The molecule has 0 amide bonds. The number of pyridine rings is 1. The molecule has 0 aliphatic carbocycles. The molecular weight excluding hydrogens is 238 g/mol. The molecule has 0 saturated heterocycles. The summed E-state index contributed by atoms with van der Waals surface area (Å²) in [4.78, 5) is 4.50. The SMILES string of the molecule is CNCc1cn(CCC(C)(C)OC)c2ncccc12. The number of methoxy groups -OCH3 is 1. The average molecular weight is 261 g/mol. The molecule has 0 aliphatic rings. The fourth-order valence-corrected chi connectivity index (χ4v) is 2.19. The van der Waals surface area contributed by atoms with E-state index >= 15 is 0 Å². The summed E-state index contributed by atoms with van der Waals surface area (Å²) in [5, 5.41) is 4.44. The van der Waals surface area contributed by atoms with E-state index in [1.807, 2.05) is 19.3 Å². The first kappa shape index (κ1) is 14.0. The summed E-state index contributed by atoms with van der Waals surface area (Å²) in [7, 11) is 3.73. The van der Waals surface area contributed by atoms with Crippen LogP contribution in [0.25, 0.3) is 11.0 Å². The molecule has 4 nitrogen and oxygen atoms in total. The minimum atomic E-state index is -0.103. The van der Waals surface area contributed by atoms with Crippen LogP contribution in [-0.4, -0.2) is 29.3 Å². The summed E-state index contributed by atoms with van der Waals surface area (Å²) in [6.07, 6.45) is 5.01. The smallest absolute Gasteiger partial charge is 0.140 e. The van der Waals surface area contributed by atoms with Crippen LogP contribution in [0.5, 0.6) is 0 Å². The van der Waals surface area contributed by atoms with Gasteiger partial charge in [-0.05, 0) is 45.0 Å². The predicted octanol–water partition coefficient (Wildman–Crippen LogP) is 2.57. The van der Waals surface area contributed by atoms with Crippen LogP contribution in [0.15, 0.2) is 24.5 Å². The lowest BCUT2D eigenvalue weighted by Crippen LogP contribution is -2.24. The first-order valence-electron chi connectivity index (χ1n) is 6.70. The Morgan fingerprint density at radius 3 is 2.89 bits per heavy atom. The number of aryl methyl sites for hydroxylation is 1. The maximum atomic E-state index is 5.48. The van der Waals surface area contributed by atoms with Gasteiger partial charge in [-0.1, -0.05) is 0 Å². The Labute approximate surface area is 114 Å². The molecule has 0 unspecified atom stereocenters. The normalized spacial score (nSPS) is 12.2. The quantitative estimate of drug-likeness (QED) is 0.868. The van der Waals surface area contributed by atoms with Crippen LogP contribution in [-0.2, 0) is 17.8 Å². The lowest BCUT2D eigenvalue weighted by Gasteiger charge is -2.23. The fourth-order valence-electron chi connectivity index (χ4n) is 2.19. The van der Waals surface area contributed by atoms with Crippen molar-refractivity contribution in [2.75, 3.05) is 14.2 Å². The summed E-state index contributed by atoms with van der Waals surface area (Å²) in [5.74, 6) is 0.